The number of urea groups is 1. The van der Waals surface area contributed by atoms with Gasteiger partial charge in [-0.1, -0.05) is 51.1 Å². The molecule has 1 unspecified atom stereocenters. The molecule has 0 saturated heterocycles. The topological polar surface area (TPSA) is 107 Å². The van der Waals surface area contributed by atoms with Crippen molar-refractivity contribution >= 4 is 11.7 Å². The van der Waals surface area contributed by atoms with Crippen molar-refractivity contribution in [1.29, 1.82) is 0 Å². The van der Waals surface area contributed by atoms with Gasteiger partial charge >= 0.3 is 12.2 Å². The number of hydrogen-bond donors (Lipinski definition) is 3. The molecule has 238 valence electrons. The molecular formula is C31H44F4N6O2. The first-order chi connectivity index (χ1) is 20.3. The van der Waals surface area contributed by atoms with E-state index in [4.69, 9.17) is 0 Å². The number of aliphatic hydroxyl groups is 1. The molecule has 1 fully saturated rings. The van der Waals surface area contributed by atoms with Crippen molar-refractivity contribution in [3.8, 4) is 0 Å². The van der Waals surface area contributed by atoms with E-state index < -0.39 is 29.7 Å². The molecule has 1 aromatic heterocycles. The Morgan fingerprint density at radius 2 is 1.86 bits per heavy atom. The van der Waals surface area contributed by atoms with Gasteiger partial charge in [0.1, 0.15) is 5.82 Å². The zero-order valence-corrected chi connectivity index (χ0v) is 25.4. The molecule has 1 atom stereocenters. The SMILES string of the molecule is C=C.CC/C=C(\C=C/CCN(C(=O)Nc1cc(F)cc(C(F)(F)F)c1)C1CCC(C(C)(C)C)CC1)C(O)Cc1nn[nH]n1. The Hall–Kier alpha value is -3.54. The van der Waals surface area contributed by atoms with Gasteiger partial charge in [-0.15, -0.1) is 23.4 Å². The van der Waals surface area contributed by atoms with E-state index in [2.05, 4.69) is 59.9 Å². The Morgan fingerprint density at radius 3 is 2.42 bits per heavy atom. The summed E-state index contributed by atoms with van der Waals surface area (Å²) in [7, 11) is 0. The Bertz CT molecular complexity index is 1200. The average molecular weight is 609 g/mol. The number of amides is 2. The van der Waals surface area contributed by atoms with Crippen LogP contribution in [0.4, 0.5) is 28.0 Å². The second-order valence-corrected chi connectivity index (χ2v) is 11.6. The molecule has 0 spiro atoms. The lowest BCUT2D eigenvalue weighted by Gasteiger charge is -2.41. The van der Waals surface area contributed by atoms with Crippen molar-refractivity contribution in [1.82, 2.24) is 25.5 Å². The zero-order valence-electron chi connectivity index (χ0n) is 25.4. The van der Waals surface area contributed by atoms with E-state index in [1.54, 1.807) is 11.0 Å². The number of carbonyl (C=O) groups is 1. The number of carbonyl (C=O) groups excluding carboxylic acids is 1. The maximum absolute atomic E-state index is 14.0. The lowest BCUT2D eigenvalue weighted by atomic mass is 9.71. The van der Waals surface area contributed by atoms with E-state index in [0.717, 1.165) is 37.8 Å². The van der Waals surface area contributed by atoms with Crippen LogP contribution in [0.5, 0.6) is 0 Å². The molecule has 12 heteroatoms. The molecule has 1 heterocycles. The van der Waals surface area contributed by atoms with Gasteiger partial charge in [0.05, 0.1) is 11.7 Å². The van der Waals surface area contributed by atoms with Gasteiger partial charge in [-0.3, -0.25) is 0 Å². The first kappa shape index (κ1) is 35.7. The Labute approximate surface area is 251 Å². The molecule has 2 amide bonds. The molecule has 3 rings (SSSR count). The zero-order chi connectivity index (χ0) is 32.2. The van der Waals surface area contributed by atoms with Gasteiger partial charge in [-0.05, 0) is 73.6 Å². The quantitative estimate of drug-likeness (QED) is 0.147. The maximum atomic E-state index is 14.0. The van der Waals surface area contributed by atoms with Crippen molar-refractivity contribution in [3.63, 3.8) is 0 Å². The van der Waals surface area contributed by atoms with E-state index in [-0.39, 0.29) is 23.6 Å². The van der Waals surface area contributed by atoms with E-state index in [0.29, 0.717) is 42.8 Å². The van der Waals surface area contributed by atoms with Crippen LogP contribution >= 0.6 is 0 Å². The number of hydrogen-bond acceptors (Lipinski definition) is 5. The number of halogens is 4. The number of aliphatic hydroxyl groups excluding tert-OH is 1. The molecule has 1 aliphatic rings. The average Bonchev–Trinajstić information content (AvgIpc) is 3.45. The predicted molar refractivity (Wildman–Crippen MR) is 160 cm³/mol. The van der Waals surface area contributed by atoms with Crippen LogP contribution in [-0.4, -0.2) is 55.4 Å². The Balaban J connectivity index is 0.00000316. The maximum Gasteiger partial charge on any atom is 0.416 e. The largest absolute Gasteiger partial charge is 0.416 e. The number of nitrogens with zero attached hydrogens (tertiary/aromatic N) is 4. The lowest BCUT2D eigenvalue weighted by Crippen LogP contribution is -2.46. The molecule has 8 nitrogen and oxygen atoms in total. The molecule has 3 N–H and O–H groups in total. The number of allylic oxidation sites excluding steroid dienone is 1. The molecule has 0 bridgehead atoms. The summed E-state index contributed by atoms with van der Waals surface area (Å²) < 4.78 is 53.6. The molecule has 1 saturated carbocycles. The summed E-state index contributed by atoms with van der Waals surface area (Å²) in [4.78, 5) is 15.0. The monoisotopic (exact) mass is 608 g/mol. The molecule has 0 radical (unpaired) electrons. The smallest absolute Gasteiger partial charge is 0.388 e. The number of aromatic nitrogens is 4. The molecular weight excluding hydrogens is 564 g/mol. The summed E-state index contributed by atoms with van der Waals surface area (Å²) in [5, 5.41) is 26.7. The number of rotatable bonds is 10. The minimum absolute atomic E-state index is 0.105. The van der Waals surface area contributed by atoms with Gasteiger partial charge in [0.25, 0.3) is 0 Å². The van der Waals surface area contributed by atoms with Gasteiger partial charge < -0.3 is 15.3 Å². The fourth-order valence-corrected chi connectivity index (χ4v) is 5.27. The van der Waals surface area contributed by atoms with E-state index in [9.17, 15) is 27.5 Å². The highest BCUT2D eigenvalue weighted by Gasteiger charge is 2.34. The van der Waals surface area contributed by atoms with Crippen molar-refractivity contribution in [2.45, 2.75) is 91.0 Å². The fourth-order valence-electron chi connectivity index (χ4n) is 5.27. The standard InChI is InChI=1S/C29H40F4N6O2.C2H4/c1-5-8-19(25(40)18-26-35-37-38-36-26)9-6-7-14-39(24-12-10-20(11-13-24)28(2,3)4)27(41)34-23-16-21(29(31,32)33)15-22(30)17-23;1-2/h6,8-9,15-17,20,24-25,40H,5,7,10-14,18H2,1-4H3,(H,34,41)(H,35,36,37,38);1-2H2/b9-6-,19-8+;. The Kier molecular flexibility index (Phi) is 13.6. The minimum atomic E-state index is -4.74. The number of benzene rings is 1. The fraction of sp³-hybridized carbons (Fsp3) is 0.548. The third-order valence-corrected chi connectivity index (χ3v) is 7.54. The van der Waals surface area contributed by atoms with E-state index >= 15 is 0 Å². The van der Waals surface area contributed by atoms with Gasteiger partial charge in [-0.2, -0.15) is 18.4 Å². The molecule has 2 aromatic rings. The van der Waals surface area contributed by atoms with Crippen molar-refractivity contribution in [2.24, 2.45) is 11.3 Å². The normalized spacial score (nSPS) is 18.6. The molecule has 43 heavy (non-hydrogen) atoms. The predicted octanol–water partition coefficient (Wildman–Crippen LogP) is 7.48. The van der Waals surface area contributed by atoms with Gasteiger partial charge in [0, 0.05) is 24.7 Å². The van der Waals surface area contributed by atoms with Gasteiger partial charge in [0.15, 0.2) is 5.82 Å². The van der Waals surface area contributed by atoms with E-state index in [1.165, 1.54) is 0 Å². The summed E-state index contributed by atoms with van der Waals surface area (Å²) >= 11 is 0. The summed E-state index contributed by atoms with van der Waals surface area (Å²) in [5.74, 6) is -0.193. The summed E-state index contributed by atoms with van der Waals surface area (Å²) in [6.45, 7) is 14.8. The van der Waals surface area contributed by atoms with E-state index in [1.807, 2.05) is 19.1 Å². The van der Waals surface area contributed by atoms with Crippen LogP contribution in [0.15, 0.2) is 55.2 Å². The van der Waals surface area contributed by atoms with Crippen LogP contribution < -0.4 is 5.32 Å². The van der Waals surface area contributed by atoms with Crippen LogP contribution in [0.2, 0.25) is 0 Å². The van der Waals surface area contributed by atoms with Gasteiger partial charge in [0.2, 0.25) is 0 Å². The highest BCUT2D eigenvalue weighted by Crippen LogP contribution is 2.39. The van der Waals surface area contributed by atoms with Crippen molar-refractivity contribution in [3.05, 3.63) is 72.4 Å². The number of nitrogens with one attached hydrogen (secondary N) is 2. The highest BCUT2D eigenvalue weighted by molar-refractivity contribution is 5.89. The third-order valence-electron chi connectivity index (χ3n) is 7.54. The van der Waals surface area contributed by atoms with Crippen LogP contribution in [-0.2, 0) is 12.6 Å². The molecule has 1 aliphatic carbocycles. The highest BCUT2D eigenvalue weighted by atomic mass is 19.4. The van der Waals surface area contributed by atoms with Crippen LogP contribution in [0.3, 0.4) is 0 Å². The third kappa shape index (κ3) is 11.2. The van der Waals surface area contributed by atoms with Crippen LogP contribution in [0, 0.1) is 17.2 Å². The first-order valence-corrected chi connectivity index (χ1v) is 14.5. The minimum Gasteiger partial charge on any atom is -0.388 e. The van der Waals surface area contributed by atoms with Gasteiger partial charge in [-0.25, -0.2) is 9.18 Å². The first-order valence-electron chi connectivity index (χ1n) is 14.5. The summed E-state index contributed by atoms with van der Waals surface area (Å²) in [5.41, 5.74) is -0.592. The number of anilines is 1. The number of aromatic amines is 1. The second-order valence-electron chi connectivity index (χ2n) is 11.6. The van der Waals surface area contributed by atoms with Crippen molar-refractivity contribution < 1.29 is 27.5 Å². The lowest BCUT2D eigenvalue weighted by molar-refractivity contribution is -0.137. The van der Waals surface area contributed by atoms with Crippen LogP contribution in [0.1, 0.15) is 77.6 Å². The van der Waals surface area contributed by atoms with Crippen molar-refractivity contribution in [2.75, 3.05) is 11.9 Å². The number of H-pyrrole nitrogens is 1. The molecule has 0 aliphatic heterocycles. The molecule has 1 aromatic carbocycles. The Morgan fingerprint density at radius 1 is 1.19 bits per heavy atom. The number of alkyl halides is 3. The van der Waals surface area contributed by atoms with Crippen LogP contribution in [0.25, 0.3) is 0 Å². The summed E-state index contributed by atoms with van der Waals surface area (Å²) in [6, 6.07) is 1.35. The summed E-state index contributed by atoms with van der Waals surface area (Å²) in [6.07, 6.45) is 4.67. The second kappa shape index (κ2) is 16.3. The number of tetrazole rings is 1.